The summed E-state index contributed by atoms with van der Waals surface area (Å²) in [4.78, 5) is 26.5. The highest BCUT2D eigenvalue weighted by Crippen LogP contribution is 2.30. The SMILES string of the molecule is O=C(NC1CCN(C(=O)c2ccoc2)CC1)NC1CCCc2occc21. The number of rotatable bonds is 3. The van der Waals surface area contributed by atoms with Gasteiger partial charge in [-0.15, -0.1) is 0 Å². The average Bonchev–Trinajstić information content (AvgIpc) is 3.34. The Balaban J connectivity index is 1.26. The molecule has 1 saturated heterocycles. The second kappa shape index (κ2) is 7.27. The van der Waals surface area contributed by atoms with Gasteiger partial charge in [0.25, 0.3) is 5.91 Å². The first kappa shape index (κ1) is 16.8. The topological polar surface area (TPSA) is 87.7 Å². The third-order valence-corrected chi connectivity index (χ3v) is 5.24. The van der Waals surface area contributed by atoms with Crippen LogP contribution in [0, 0.1) is 0 Å². The summed E-state index contributed by atoms with van der Waals surface area (Å²) < 4.78 is 10.4. The van der Waals surface area contributed by atoms with Gasteiger partial charge in [0.2, 0.25) is 0 Å². The molecule has 1 fully saturated rings. The Bertz CT molecular complexity index is 760. The van der Waals surface area contributed by atoms with Gasteiger partial charge in [0, 0.05) is 31.1 Å². The van der Waals surface area contributed by atoms with Crippen LogP contribution in [0.1, 0.15) is 53.4 Å². The molecule has 1 aliphatic heterocycles. The number of carbonyl (C=O) groups excluding carboxylic acids is 2. The van der Waals surface area contributed by atoms with E-state index in [4.69, 9.17) is 8.83 Å². The lowest BCUT2D eigenvalue weighted by Crippen LogP contribution is -2.49. The molecule has 1 atom stereocenters. The fourth-order valence-electron chi connectivity index (χ4n) is 3.82. The summed E-state index contributed by atoms with van der Waals surface area (Å²) in [5.41, 5.74) is 1.66. The van der Waals surface area contributed by atoms with E-state index in [1.807, 2.05) is 6.07 Å². The van der Waals surface area contributed by atoms with E-state index in [1.165, 1.54) is 12.5 Å². The summed E-state index contributed by atoms with van der Waals surface area (Å²) in [7, 11) is 0. The number of nitrogens with one attached hydrogen (secondary N) is 2. The van der Waals surface area contributed by atoms with Crippen LogP contribution in [0.5, 0.6) is 0 Å². The van der Waals surface area contributed by atoms with Gasteiger partial charge in [-0.2, -0.15) is 0 Å². The zero-order valence-electron chi connectivity index (χ0n) is 14.6. The maximum Gasteiger partial charge on any atom is 0.315 e. The van der Waals surface area contributed by atoms with Gasteiger partial charge in [0.15, 0.2) is 0 Å². The number of fused-ring (bicyclic) bond motifs is 1. The summed E-state index contributed by atoms with van der Waals surface area (Å²) in [6, 6.07) is 3.56. The molecule has 0 radical (unpaired) electrons. The summed E-state index contributed by atoms with van der Waals surface area (Å²) in [5, 5.41) is 6.11. The summed E-state index contributed by atoms with van der Waals surface area (Å²) in [6.45, 7) is 1.26. The second-order valence-electron chi connectivity index (χ2n) is 6.94. The van der Waals surface area contributed by atoms with Crippen LogP contribution >= 0.6 is 0 Å². The monoisotopic (exact) mass is 357 g/mol. The lowest BCUT2D eigenvalue weighted by Gasteiger charge is -2.32. The quantitative estimate of drug-likeness (QED) is 0.884. The van der Waals surface area contributed by atoms with Gasteiger partial charge in [0.1, 0.15) is 12.0 Å². The van der Waals surface area contributed by atoms with E-state index in [2.05, 4.69) is 10.6 Å². The molecule has 3 heterocycles. The Morgan fingerprint density at radius 1 is 1.08 bits per heavy atom. The van der Waals surface area contributed by atoms with Crippen LogP contribution in [0.25, 0.3) is 0 Å². The number of urea groups is 1. The first-order valence-corrected chi connectivity index (χ1v) is 9.15. The van der Waals surface area contributed by atoms with Crippen molar-refractivity contribution in [2.24, 2.45) is 0 Å². The Hall–Kier alpha value is -2.70. The van der Waals surface area contributed by atoms with E-state index in [9.17, 15) is 9.59 Å². The first-order valence-electron chi connectivity index (χ1n) is 9.15. The van der Waals surface area contributed by atoms with Crippen molar-refractivity contribution < 1.29 is 18.4 Å². The molecule has 7 heteroatoms. The third kappa shape index (κ3) is 3.47. The molecule has 138 valence electrons. The van der Waals surface area contributed by atoms with Crippen molar-refractivity contribution in [2.45, 2.75) is 44.2 Å². The van der Waals surface area contributed by atoms with Gasteiger partial charge in [-0.05, 0) is 37.8 Å². The number of furan rings is 2. The van der Waals surface area contributed by atoms with Crippen LogP contribution < -0.4 is 10.6 Å². The number of hydrogen-bond acceptors (Lipinski definition) is 4. The lowest BCUT2D eigenvalue weighted by molar-refractivity contribution is 0.0707. The Labute approximate surface area is 151 Å². The highest BCUT2D eigenvalue weighted by atomic mass is 16.3. The van der Waals surface area contributed by atoms with Gasteiger partial charge in [-0.1, -0.05) is 0 Å². The molecule has 1 aliphatic carbocycles. The maximum absolute atomic E-state index is 12.4. The normalized spacial score (nSPS) is 20.5. The number of aryl methyl sites for hydroxylation is 1. The molecule has 0 aromatic carbocycles. The lowest BCUT2D eigenvalue weighted by atomic mass is 9.93. The van der Waals surface area contributed by atoms with Crippen LogP contribution in [-0.2, 0) is 6.42 Å². The molecule has 0 saturated carbocycles. The number of hydrogen-bond donors (Lipinski definition) is 2. The number of amides is 3. The van der Waals surface area contributed by atoms with Crippen molar-refractivity contribution in [1.82, 2.24) is 15.5 Å². The van der Waals surface area contributed by atoms with E-state index in [0.29, 0.717) is 18.7 Å². The zero-order valence-corrected chi connectivity index (χ0v) is 14.6. The fraction of sp³-hybridized carbons (Fsp3) is 0.474. The predicted molar refractivity (Wildman–Crippen MR) is 93.7 cm³/mol. The van der Waals surface area contributed by atoms with Crippen molar-refractivity contribution in [3.8, 4) is 0 Å². The minimum Gasteiger partial charge on any atom is -0.472 e. The van der Waals surface area contributed by atoms with Gasteiger partial charge in [-0.25, -0.2) is 4.79 Å². The van der Waals surface area contributed by atoms with Crippen molar-refractivity contribution in [3.63, 3.8) is 0 Å². The second-order valence-corrected chi connectivity index (χ2v) is 6.94. The smallest absolute Gasteiger partial charge is 0.315 e. The largest absolute Gasteiger partial charge is 0.472 e. The molecule has 2 aromatic heterocycles. The van der Waals surface area contributed by atoms with Crippen molar-refractivity contribution in [1.29, 1.82) is 0 Å². The molecular weight excluding hydrogens is 334 g/mol. The van der Waals surface area contributed by atoms with Gasteiger partial charge >= 0.3 is 6.03 Å². The summed E-state index contributed by atoms with van der Waals surface area (Å²) >= 11 is 0. The van der Waals surface area contributed by atoms with Gasteiger partial charge < -0.3 is 24.4 Å². The Kier molecular flexibility index (Phi) is 4.69. The highest BCUT2D eigenvalue weighted by Gasteiger charge is 2.27. The highest BCUT2D eigenvalue weighted by molar-refractivity contribution is 5.93. The standard InChI is InChI=1S/C19H23N3O4/c23-18(13-6-10-25-12-13)22-8-4-14(5-9-22)20-19(24)21-16-2-1-3-17-15(16)7-11-26-17/h6-7,10-12,14,16H,1-5,8-9H2,(H2,20,21,24). The zero-order chi connectivity index (χ0) is 17.9. The number of piperidine rings is 1. The van der Waals surface area contributed by atoms with E-state index in [0.717, 1.165) is 43.4 Å². The minimum atomic E-state index is -0.149. The predicted octanol–water partition coefficient (Wildman–Crippen LogP) is 2.85. The van der Waals surface area contributed by atoms with E-state index in [-0.39, 0.29) is 24.0 Å². The van der Waals surface area contributed by atoms with Crippen LogP contribution in [0.3, 0.4) is 0 Å². The van der Waals surface area contributed by atoms with Crippen LogP contribution in [-0.4, -0.2) is 36.0 Å². The van der Waals surface area contributed by atoms with Crippen molar-refractivity contribution in [2.75, 3.05) is 13.1 Å². The number of likely N-dealkylation sites (tertiary alicyclic amines) is 1. The molecular formula is C19H23N3O4. The van der Waals surface area contributed by atoms with Crippen molar-refractivity contribution >= 4 is 11.9 Å². The van der Waals surface area contributed by atoms with Crippen LogP contribution in [0.15, 0.2) is 39.8 Å². The van der Waals surface area contributed by atoms with Gasteiger partial charge in [-0.3, -0.25) is 4.79 Å². The fourth-order valence-corrected chi connectivity index (χ4v) is 3.82. The molecule has 2 N–H and O–H groups in total. The molecule has 7 nitrogen and oxygen atoms in total. The summed E-state index contributed by atoms with van der Waals surface area (Å²) in [6.07, 6.45) is 9.03. The molecule has 3 amide bonds. The molecule has 0 spiro atoms. The molecule has 4 rings (SSSR count). The summed E-state index contributed by atoms with van der Waals surface area (Å²) in [5.74, 6) is 0.962. The Morgan fingerprint density at radius 2 is 1.92 bits per heavy atom. The van der Waals surface area contributed by atoms with E-state index >= 15 is 0 Å². The molecule has 2 aliphatic rings. The molecule has 2 aromatic rings. The molecule has 26 heavy (non-hydrogen) atoms. The maximum atomic E-state index is 12.4. The average molecular weight is 357 g/mol. The molecule has 0 bridgehead atoms. The van der Waals surface area contributed by atoms with Gasteiger partial charge in [0.05, 0.1) is 24.1 Å². The van der Waals surface area contributed by atoms with Crippen molar-refractivity contribution in [3.05, 3.63) is 47.8 Å². The van der Waals surface area contributed by atoms with Crippen LogP contribution in [0.2, 0.25) is 0 Å². The number of carbonyl (C=O) groups is 2. The van der Waals surface area contributed by atoms with E-state index in [1.54, 1.807) is 17.2 Å². The first-order chi connectivity index (χ1) is 12.7. The van der Waals surface area contributed by atoms with Crippen LogP contribution in [0.4, 0.5) is 4.79 Å². The minimum absolute atomic E-state index is 0.0141. The number of nitrogens with zero attached hydrogens (tertiary/aromatic N) is 1. The van der Waals surface area contributed by atoms with E-state index < -0.39 is 0 Å². The Morgan fingerprint density at radius 3 is 2.69 bits per heavy atom. The molecule has 1 unspecified atom stereocenters. The third-order valence-electron chi connectivity index (χ3n) is 5.24.